The first-order valence-corrected chi connectivity index (χ1v) is 8.88. The third kappa shape index (κ3) is 2.90. The zero-order valence-electron chi connectivity index (χ0n) is 13.4. The molecule has 3 heteroatoms. The van der Waals surface area contributed by atoms with Gasteiger partial charge in [0.2, 0.25) is 0 Å². The van der Waals surface area contributed by atoms with Crippen LogP contribution in [-0.2, 0) is 4.74 Å². The molecule has 3 nitrogen and oxygen atoms in total. The lowest BCUT2D eigenvalue weighted by Crippen LogP contribution is -2.57. The molecule has 3 unspecified atom stereocenters. The Morgan fingerprint density at radius 1 is 1.25 bits per heavy atom. The standard InChI is InChI=1S/C17H32N2O/c1-3-14-13-19(10-6-16(14)18-4-2)15-7-11-20-17(12-15)8-5-9-17/h14-16,18H,3-13H2,1-2H3. The molecule has 1 saturated carbocycles. The van der Waals surface area contributed by atoms with Gasteiger partial charge in [0, 0.05) is 25.2 Å². The van der Waals surface area contributed by atoms with Crippen LogP contribution in [0.4, 0.5) is 0 Å². The van der Waals surface area contributed by atoms with Crippen molar-refractivity contribution < 1.29 is 4.74 Å². The van der Waals surface area contributed by atoms with E-state index in [1.54, 1.807) is 0 Å². The average molecular weight is 280 g/mol. The van der Waals surface area contributed by atoms with Crippen molar-refractivity contribution in [2.24, 2.45) is 5.92 Å². The Morgan fingerprint density at radius 3 is 2.75 bits per heavy atom. The number of ether oxygens (including phenoxy) is 1. The van der Waals surface area contributed by atoms with Gasteiger partial charge in [0.1, 0.15) is 0 Å². The van der Waals surface area contributed by atoms with E-state index in [1.807, 2.05) is 0 Å². The van der Waals surface area contributed by atoms with Gasteiger partial charge in [-0.3, -0.25) is 4.90 Å². The summed E-state index contributed by atoms with van der Waals surface area (Å²) in [4.78, 5) is 2.80. The maximum atomic E-state index is 6.10. The SMILES string of the molecule is CCNC1CCN(C2CCOC3(CCC3)C2)CC1CC. The molecule has 0 aromatic carbocycles. The van der Waals surface area contributed by atoms with Crippen LogP contribution < -0.4 is 5.32 Å². The number of rotatable bonds is 4. The Hall–Kier alpha value is -0.120. The Kier molecular flexibility index (Phi) is 4.68. The molecule has 0 radical (unpaired) electrons. The number of hydrogen-bond donors (Lipinski definition) is 1. The van der Waals surface area contributed by atoms with Gasteiger partial charge < -0.3 is 10.1 Å². The summed E-state index contributed by atoms with van der Waals surface area (Å²) in [6.07, 6.45) is 9.20. The lowest BCUT2D eigenvalue weighted by atomic mass is 9.73. The number of nitrogens with zero attached hydrogens (tertiary/aromatic N) is 1. The molecule has 3 aliphatic rings. The average Bonchev–Trinajstić information content (AvgIpc) is 2.46. The molecule has 0 aromatic rings. The number of piperidine rings is 1. The van der Waals surface area contributed by atoms with Crippen LogP contribution in [0.3, 0.4) is 0 Å². The minimum absolute atomic E-state index is 0.295. The molecule has 0 aromatic heterocycles. The molecule has 0 bridgehead atoms. The van der Waals surface area contributed by atoms with E-state index in [0.29, 0.717) is 5.60 Å². The summed E-state index contributed by atoms with van der Waals surface area (Å²) in [5.41, 5.74) is 0.295. The normalized spacial score (nSPS) is 37.8. The summed E-state index contributed by atoms with van der Waals surface area (Å²) in [6.45, 7) is 9.29. The van der Waals surface area contributed by atoms with Crippen LogP contribution in [0.1, 0.15) is 58.8 Å². The van der Waals surface area contributed by atoms with Gasteiger partial charge in [0.15, 0.2) is 0 Å². The monoisotopic (exact) mass is 280 g/mol. The molecule has 3 atom stereocenters. The van der Waals surface area contributed by atoms with E-state index in [-0.39, 0.29) is 0 Å². The van der Waals surface area contributed by atoms with E-state index in [9.17, 15) is 0 Å². The lowest BCUT2D eigenvalue weighted by Gasteiger charge is -2.51. The molecule has 0 amide bonds. The third-order valence-electron chi connectivity index (χ3n) is 6.00. The second kappa shape index (κ2) is 6.33. The molecule has 1 N–H and O–H groups in total. The van der Waals surface area contributed by atoms with Gasteiger partial charge in [-0.2, -0.15) is 0 Å². The number of likely N-dealkylation sites (tertiary alicyclic amines) is 1. The summed E-state index contributed by atoms with van der Waals surface area (Å²) >= 11 is 0. The third-order valence-corrected chi connectivity index (χ3v) is 6.00. The largest absolute Gasteiger partial charge is 0.375 e. The van der Waals surface area contributed by atoms with E-state index in [1.165, 1.54) is 58.0 Å². The van der Waals surface area contributed by atoms with E-state index in [2.05, 4.69) is 24.1 Å². The van der Waals surface area contributed by atoms with E-state index in [0.717, 1.165) is 31.2 Å². The molecule has 3 rings (SSSR count). The summed E-state index contributed by atoms with van der Waals surface area (Å²) in [6, 6.07) is 1.54. The molecule has 3 fully saturated rings. The van der Waals surface area contributed by atoms with Crippen LogP contribution in [0, 0.1) is 5.92 Å². The van der Waals surface area contributed by atoms with Crippen molar-refractivity contribution >= 4 is 0 Å². The van der Waals surface area contributed by atoms with Gasteiger partial charge in [-0.15, -0.1) is 0 Å². The predicted octanol–water partition coefficient (Wildman–Crippen LogP) is 2.80. The van der Waals surface area contributed by atoms with Crippen molar-refractivity contribution in [3.8, 4) is 0 Å². The second-order valence-corrected chi connectivity index (χ2v) is 7.15. The maximum absolute atomic E-state index is 6.10. The Morgan fingerprint density at radius 2 is 2.10 bits per heavy atom. The highest BCUT2D eigenvalue weighted by Crippen LogP contribution is 2.43. The van der Waals surface area contributed by atoms with Gasteiger partial charge >= 0.3 is 0 Å². The fourth-order valence-electron chi connectivity index (χ4n) is 4.57. The summed E-state index contributed by atoms with van der Waals surface area (Å²) in [5.74, 6) is 0.837. The minimum Gasteiger partial charge on any atom is -0.375 e. The first kappa shape index (κ1) is 14.8. The van der Waals surface area contributed by atoms with Crippen molar-refractivity contribution in [3.63, 3.8) is 0 Å². The van der Waals surface area contributed by atoms with Crippen molar-refractivity contribution in [1.82, 2.24) is 10.2 Å². The fourth-order valence-corrected chi connectivity index (χ4v) is 4.57. The van der Waals surface area contributed by atoms with Crippen molar-refractivity contribution in [1.29, 1.82) is 0 Å². The number of hydrogen-bond acceptors (Lipinski definition) is 3. The lowest BCUT2D eigenvalue weighted by molar-refractivity contribution is -0.151. The highest BCUT2D eigenvalue weighted by molar-refractivity contribution is 4.98. The molecule has 1 spiro atoms. The van der Waals surface area contributed by atoms with Crippen molar-refractivity contribution in [2.45, 2.75) is 76.5 Å². The highest BCUT2D eigenvalue weighted by Gasteiger charge is 2.44. The van der Waals surface area contributed by atoms with Crippen molar-refractivity contribution in [3.05, 3.63) is 0 Å². The second-order valence-electron chi connectivity index (χ2n) is 7.15. The first-order chi connectivity index (χ1) is 9.76. The van der Waals surface area contributed by atoms with Crippen molar-refractivity contribution in [2.75, 3.05) is 26.2 Å². The Balaban J connectivity index is 1.57. The van der Waals surface area contributed by atoms with Gasteiger partial charge in [-0.25, -0.2) is 0 Å². The Bertz CT molecular complexity index is 316. The molecule has 116 valence electrons. The molecule has 2 saturated heterocycles. The van der Waals surface area contributed by atoms with Crippen LogP contribution in [0.5, 0.6) is 0 Å². The molecule has 2 aliphatic heterocycles. The van der Waals surface area contributed by atoms with Crippen LogP contribution in [-0.4, -0.2) is 48.8 Å². The summed E-state index contributed by atoms with van der Waals surface area (Å²) in [7, 11) is 0. The summed E-state index contributed by atoms with van der Waals surface area (Å²) < 4.78 is 6.10. The maximum Gasteiger partial charge on any atom is 0.0697 e. The number of nitrogens with one attached hydrogen (secondary N) is 1. The van der Waals surface area contributed by atoms with Crippen LogP contribution in [0.2, 0.25) is 0 Å². The van der Waals surface area contributed by atoms with Gasteiger partial charge in [0.25, 0.3) is 0 Å². The minimum atomic E-state index is 0.295. The van der Waals surface area contributed by atoms with E-state index >= 15 is 0 Å². The summed E-state index contributed by atoms with van der Waals surface area (Å²) in [5, 5.41) is 3.70. The zero-order valence-corrected chi connectivity index (χ0v) is 13.4. The Labute approximate surface area is 124 Å². The van der Waals surface area contributed by atoms with Gasteiger partial charge in [-0.1, -0.05) is 20.3 Å². The topological polar surface area (TPSA) is 24.5 Å². The van der Waals surface area contributed by atoms with Gasteiger partial charge in [-0.05, 0) is 57.5 Å². The molecular weight excluding hydrogens is 248 g/mol. The van der Waals surface area contributed by atoms with E-state index in [4.69, 9.17) is 4.74 Å². The van der Waals surface area contributed by atoms with E-state index < -0.39 is 0 Å². The van der Waals surface area contributed by atoms with Crippen LogP contribution in [0.15, 0.2) is 0 Å². The molecule has 1 aliphatic carbocycles. The van der Waals surface area contributed by atoms with Gasteiger partial charge in [0.05, 0.1) is 5.60 Å². The molecule has 20 heavy (non-hydrogen) atoms. The molecular formula is C17H32N2O. The first-order valence-electron chi connectivity index (χ1n) is 8.88. The zero-order chi connectivity index (χ0) is 14.0. The smallest absolute Gasteiger partial charge is 0.0697 e. The quantitative estimate of drug-likeness (QED) is 0.857. The molecule has 2 heterocycles. The van der Waals surface area contributed by atoms with Crippen LogP contribution >= 0.6 is 0 Å². The fraction of sp³-hybridized carbons (Fsp3) is 1.00. The predicted molar refractivity (Wildman–Crippen MR) is 83.0 cm³/mol. The highest BCUT2D eigenvalue weighted by atomic mass is 16.5. The van der Waals surface area contributed by atoms with Crippen LogP contribution in [0.25, 0.3) is 0 Å².